The number of piperidine rings is 1. The number of hydrogen-bond acceptors (Lipinski definition) is 5. The Bertz CT molecular complexity index is 881. The molecule has 170 valence electrons. The molecule has 3 fully saturated rings. The van der Waals surface area contributed by atoms with Crippen LogP contribution in [0.4, 0.5) is 10.5 Å². The summed E-state index contributed by atoms with van der Waals surface area (Å²) in [6.07, 6.45) is 7.61. The van der Waals surface area contributed by atoms with E-state index in [1.54, 1.807) is 11.1 Å². The van der Waals surface area contributed by atoms with Gasteiger partial charge in [-0.1, -0.05) is 30.3 Å². The summed E-state index contributed by atoms with van der Waals surface area (Å²) in [6, 6.07) is 14.7. The molecule has 2 aliphatic heterocycles. The SMILES string of the molecule is O=C1OCCCN1c1ccc(OCCN2CCC(CC3CC3c3ccccc3)CC2)nc1. The Hall–Kier alpha value is -2.60. The zero-order valence-corrected chi connectivity index (χ0v) is 18.7. The normalized spacial score (nSPS) is 24.2. The number of likely N-dealkylation sites (tertiary alicyclic amines) is 1. The van der Waals surface area contributed by atoms with Crippen molar-refractivity contribution in [2.45, 2.75) is 38.0 Å². The van der Waals surface area contributed by atoms with E-state index in [4.69, 9.17) is 9.47 Å². The van der Waals surface area contributed by atoms with Crippen LogP contribution < -0.4 is 9.64 Å². The van der Waals surface area contributed by atoms with Gasteiger partial charge in [0.1, 0.15) is 6.61 Å². The number of pyridine rings is 1. The second kappa shape index (κ2) is 9.90. The third-order valence-electron chi connectivity index (χ3n) is 7.16. The number of ether oxygens (including phenoxy) is 2. The molecular weight excluding hydrogens is 402 g/mol. The molecule has 3 aliphatic rings. The van der Waals surface area contributed by atoms with E-state index in [0.717, 1.165) is 36.4 Å². The van der Waals surface area contributed by atoms with Crippen molar-refractivity contribution in [3.05, 3.63) is 54.2 Å². The summed E-state index contributed by atoms with van der Waals surface area (Å²) in [6.45, 7) is 5.08. The molecule has 5 rings (SSSR count). The summed E-state index contributed by atoms with van der Waals surface area (Å²) in [7, 11) is 0. The van der Waals surface area contributed by atoms with Crippen LogP contribution >= 0.6 is 0 Å². The van der Waals surface area contributed by atoms with Crippen LogP contribution in [0, 0.1) is 11.8 Å². The smallest absolute Gasteiger partial charge is 0.414 e. The van der Waals surface area contributed by atoms with E-state index in [9.17, 15) is 4.79 Å². The summed E-state index contributed by atoms with van der Waals surface area (Å²) < 4.78 is 10.9. The lowest BCUT2D eigenvalue weighted by Gasteiger charge is -2.32. The van der Waals surface area contributed by atoms with Crippen LogP contribution in [0.15, 0.2) is 48.7 Å². The third kappa shape index (κ3) is 5.23. The zero-order chi connectivity index (χ0) is 21.8. The molecule has 2 saturated heterocycles. The van der Waals surface area contributed by atoms with Crippen LogP contribution in [-0.4, -0.2) is 55.4 Å². The van der Waals surface area contributed by atoms with Gasteiger partial charge in [-0.05, 0) is 74.6 Å². The molecule has 6 nitrogen and oxygen atoms in total. The minimum absolute atomic E-state index is 0.299. The average Bonchev–Trinajstić information content (AvgIpc) is 3.61. The Morgan fingerprint density at radius 2 is 1.91 bits per heavy atom. The van der Waals surface area contributed by atoms with Gasteiger partial charge in [-0.25, -0.2) is 9.78 Å². The van der Waals surface area contributed by atoms with Crippen molar-refractivity contribution in [1.29, 1.82) is 0 Å². The van der Waals surface area contributed by atoms with Crippen molar-refractivity contribution >= 4 is 11.8 Å². The fourth-order valence-electron chi connectivity index (χ4n) is 5.17. The first-order valence-electron chi connectivity index (χ1n) is 12.1. The first-order chi connectivity index (χ1) is 15.8. The van der Waals surface area contributed by atoms with E-state index in [1.165, 1.54) is 44.3 Å². The van der Waals surface area contributed by atoms with Gasteiger partial charge in [0.05, 0.1) is 18.5 Å². The van der Waals surface area contributed by atoms with Crippen LogP contribution in [0.1, 0.15) is 43.6 Å². The number of anilines is 1. The van der Waals surface area contributed by atoms with Gasteiger partial charge in [-0.3, -0.25) is 9.80 Å². The number of nitrogens with zero attached hydrogens (tertiary/aromatic N) is 3. The van der Waals surface area contributed by atoms with Crippen molar-refractivity contribution in [2.75, 3.05) is 44.3 Å². The molecule has 3 heterocycles. The second-order valence-electron chi connectivity index (χ2n) is 9.36. The number of carbonyl (C=O) groups excluding carboxylic acids is 1. The van der Waals surface area contributed by atoms with Gasteiger partial charge in [0, 0.05) is 19.2 Å². The Morgan fingerprint density at radius 1 is 1.06 bits per heavy atom. The van der Waals surface area contributed by atoms with Gasteiger partial charge in [0.2, 0.25) is 5.88 Å². The van der Waals surface area contributed by atoms with Crippen molar-refractivity contribution in [1.82, 2.24) is 9.88 Å². The molecule has 1 aromatic carbocycles. The number of carbonyl (C=O) groups is 1. The van der Waals surface area contributed by atoms with E-state index >= 15 is 0 Å². The molecule has 1 amide bonds. The first kappa shape index (κ1) is 21.3. The molecule has 0 spiro atoms. The molecule has 6 heteroatoms. The van der Waals surface area contributed by atoms with Gasteiger partial charge in [0.25, 0.3) is 0 Å². The highest BCUT2D eigenvalue weighted by Gasteiger charge is 2.39. The molecule has 2 aromatic rings. The largest absolute Gasteiger partial charge is 0.476 e. The summed E-state index contributed by atoms with van der Waals surface area (Å²) >= 11 is 0. The van der Waals surface area contributed by atoms with Crippen molar-refractivity contribution in [3.63, 3.8) is 0 Å². The molecular formula is C26H33N3O3. The first-order valence-corrected chi connectivity index (χ1v) is 12.1. The fourth-order valence-corrected chi connectivity index (χ4v) is 5.17. The van der Waals surface area contributed by atoms with Gasteiger partial charge in [-0.2, -0.15) is 0 Å². The van der Waals surface area contributed by atoms with Gasteiger partial charge in [0.15, 0.2) is 0 Å². The van der Waals surface area contributed by atoms with Crippen LogP contribution in [0.2, 0.25) is 0 Å². The Labute approximate surface area is 190 Å². The summed E-state index contributed by atoms with van der Waals surface area (Å²) in [5, 5.41) is 0. The van der Waals surface area contributed by atoms with E-state index < -0.39 is 0 Å². The standard InChI is InChI=1S/C26H33N3O3/c30-26-29(11-4-15-32-26)23-7-8-25(27-19-23)31-16-14-28-12-9-20(10-13-28)17-22-18-24(22)21-5-2-1-3-6-21/h1-3,5-8,19-20,22,24H,4,9-18H2. The van der Waals surface area contributed by atoms with Crippen LogP contribution in [-0.2, 0) is 4.74 Å². The number of cyclic esters (lactones) is 1. The summed E-state index contributed by atoms with van der Waals surface area (Å²) in [5.74, 6) is 3.19. The Kier molecular flexibility index (Phi) is 6.58. The molecule has 32 heavy (non-hydrogen) atoms. The average molecular weight is 436 g/mol. The van der Waals surface area contributed by atoms with E-state index in [1.807, 2.05) is 12.1 Å². The minimum atomic E-state index is -0.299. The molecule has 1 aromatic heterocycles. The van der Waals surface area contributed by atoms with Gasteiger partial charge < -0.3 is 9.47 Å². The molecule has 0 bridgehead atoms. The van der Waals surface area contributed by atoms with Crippen LogP contribution in [0.25, 0.3) is 0 Å². The van der Waals surface area contributed by atoms with Crippen molar-refractivity contribution in [2.24, 2.45) is 11.8 Å². The van der Waals surface area contributed by atoms with E-state index in [-0.39, 0.29) is 6.09 Å². The van der Waals surface area contributed by atoms with Gasteiger partial charge >= 0.3 is 6.09 Å². The van der Waals surface area contributed by atoms with Crippen LogP contribution in [0.5, 0.6) is 5.88 Å². The monoisotopic (exact) mass is 435 g/mol. The lowest BCUT2D eigenvalue weighted by Crippen LogP contribution is -2.37. The number of hydrogen-bond donors (Lipinski definition) is 0. The quantitative estimate of drug-likeness (QED) is 0.601. The number of aromatic nitrogens is 1. The number of rotatable bonds is 8. The molecule has 1 saturated carbocycles. The Balaban J connectivity index is 0.993. The molecule has 1 aliphatic carbocycles. The fraction of sp³-hybridized carbons (Fsp3) is 0.538. The predicted molar refractivity (Wildman–Crippen MR) is 124 cm³/mol. The number of amides is 1. The van der Waals surface area contributed by atoms with Crippen molar-refractivity contribution < 1.29 is 14.3 Å². The lowest BCUT2D eigenvalue weighted by atomic mass is 9.90. The molecule has 2 unspecified atom stereocenters. The topological polar surface area (TPSA) is 54.9 Å². The highest BCUT2D eigenvalue weighted by atomic mass is 16.6. The maximum atomic E-state index is 11.8. The Morgan fingerprint density at radius 3 is 2.66 bits per heavy atom. The summed E-state index contributed by atoms with van der Waals surface area (Å²) in [4.78, 5) is 20.3. The zero-order valence-electron chi connectivity index (χ0n) is 18.7. The lowest BCUT2D eigenvalue weighted by molar-refractivity contribution is 0.140. The third-order valence-corrected chi connectivity index (χ3v) is 7.16. The number of benzene rings is 1. The summed E-state index contributed by atoms with van der Waals surface area (Å²) in [5.41, 5.74) is 2.29. The predicted octanol–water partition coefficient (Wildman–Crippen LogP) is 4.71. The van der Waals surface area contributed by atoms with E-state index in [0.29, 0.717) is 25.6 Å². The minimum Gasteiger partial charge on any atom is -0.476 e. The van der Waals surface area contributed by atoms with E-state index in [2.05, 4.69) is 40.2 Å². The maximum absolute atomic E-state index is 11.8. The molecule has 2 atom stereocenters. The maximum Gasteiger partial charge on any atom is 0.414 e. The highest BCUT2D eigenvalue weighted by molar-refractivity contribution is 5.87. The van der Waals surface area contributed by atoms with Gasteiger partial charge in [-0.15, -0.1) is 0 Å². The van der Waals surface area contributed by atoms with Crippen LogP contribution in [0.3, 0.4) is 0 Å². The second-order valence-corrected chi connectivity index (χ2v) is 9.36. The van der Waals surface area contributed by atoms with Crippen molar-refractivity contribution in [3.8, 4) is 5.88 Å². The molecule has 0 N–H and O–H groups in total. The highest BCUT2D eigenvalue weighted by Crippen LogP contribution is 2.51. The molecule has 0 radical (unpaired) electrons.